The van der Waals surface area contributed by atoms with Gasteiger partial charge < -0.3 is 5.32 Å². The van der Waals surface area contributed by atoms with E-state index in [0.717, 1.165) is 17.9 Å². The Morgan fingerprint density at radius 1 is 1.24 bits per heavy atom. The minimum atomic E-state index is 0.581. The highest BCUT2D eigenvalue weighted by molar-refractivity contribution is 4.88. The Balaban J connectivity index is 2.55. The van der Waals surface area contributed by atoms with Crippen LogP contribution in [-0.2, 0) is 0 Å². The van der Waals surface area contributed by atoms with Gasteiger partial charge in [-0.15, -0.1) is 0 Å². The first-order valence-electron chi connectivity index (χ1n) is 7.73. The predicted molar refractivity (Wildman–Crippen MR) is 77.3 cm³/mol. The van der Waals surface area contributed by atoms with Gasteiger partial charge in [-0.1, -0.05) is 41.0 Å². The van der Waals surface area contributed by atoms with Gasteiger partial charge in [-0.3, -0.25) is 0 Å². The second kappa shape index (κ2) is 6.78. The normalized spacial score (nSPS) is 30.2. The summed E-state index contributed by atoms with van der Waals surface area (Å²) < 4.78 is 0. The number of hydrogen-bond acceptors (Lipinski definition) is 1. The third-order valence-electron chi connectivity index (χ3n) is 4.53. The monoisotopic (exact) mass is 239 g/mol. The lowest BCUT2D eigenvalue weighted by Crippen LogP contribution is -2.43. The zero-order valence-corrected chi connectivity index (χ0v) is 12.7. The molecule has 1 aliphatic rings. The SMILES string of the molecule is CCCNC(CCC)C1CCC(C)(C)CC1C. The third-order valence-corrected chi connectivity index (χ3v) is 4.53. The smallest absolute Gasteiger partial charge is 0.00977 e. The lowest BCUT2D eigenvalue weighted by Gasteiger charge is -2.43. The summed E-state index contributed by atoms with van der Waals surface area (Å²) in [6.07, 6.45) is 8.17. The standard InChI is InChI=1S/C16H33N/c1-6-8-15(17-11-7-2)14-9-10-16(4,5)12-13(14)3/h13-15,17H,6-12H2,1-5H3. The molecule has 0 aromatic rings. The molecule has 1 heteroatoms. The summed E-state index contributed by atoms with van der Waals surface area (Å²) in [4.78, 5) is 0. The molecule has 0 aromatic heterocycles. The highest BCUT2D eigenvalue weighted by Crippen LogP contribution is 2.43. The Morgan fingerprint density at radius 2 is 1.94 bits per heavy atom. The molecule has 3 atom stereocenters. The van der Waals surface area contributed by atoms with E-state index in [9.17, 15) is 0 Å². The van der Waals surface area contributed by atoms with Gasteiger partial charge in [0.1, 0.15) is 0 Å². The van der Waals surface area contributed by atoms with Crippen molar-refractivity contribution < 1.29 is 0 Å². The summed E-state index contributed by atoms with van der Waals surface area (Å²) in [7, 11) is 0. The third kappa shape index (κ3) is 4.62. The molecule has 0 bridgehead atoms. The molecular formula is C16H33N. The highest BCUT2D eigenvalue weighted by atomic mass is 14.9. The van der Waals surface area contributed by atoms with Crippen molar-refractivity contribution in [3.05, 3.63) is 0 Å². The van der Waals surface area contributed by atoms with Crippen LogP contribution in [0.25, 0.3) is 0 Å². The quantitative estimate of drug-likeness (QED) is 0.713. The molecule has 3 unspecified atom stereocenters. The fourth-order valence-electron chi connectivity index (χ4n) is 3.67. The van der Waals surface area contributed by atoms with Crippen molar-refractivity contribution in [2.75, 3.05) is 6.54 Å². The maximum Gasteiger partial charge on any atom is 0.00977 e. The van der Waals surface area contributed by atoms with Crippen molar-refractivity contribution in [3.63, 3.8) is 0 Å². The summed E-state index contributed by atoms with van der Waals surface area (Å²) >= 11 is 0. The summed E-state index contributed by atoms with van der Waals surface area (Å²) in [5.74, 6) is 1.80. The molecule has 0 radical (unpaired) electrons. The molecule has 1 nitrogen and oxygen atoms in total. The average molecular weight is 239 g/mol. The van der Waals surface area contributed by atoms with Crippen molar-refractivity contribution in [2.24, 2.45) is 17.3 Å². The van der Waals surface area contributed by atoms with Crippen LogP contribution >= 0.6 is 0 Å². The van der Waals surface area contributed by atoms with E-state index in [2.05, 4.69) is 39.9 Å². The van der Waals surface area contributed by atoms with Crippen molar-refractivity contribution in [3.8, 4) is 0 Å². The van der Waals surface area contributed by atoms with Crippen LogP contribution in [0.5, 0.6) is 0 Å². The molecule has 0 saturated heterocycles. The Morgan fingerprint density at radius 3 is 2.47 bits per heavy atom. The fourth-order valence-corrected chi connectivity index (χ4v) is 3.67. The molecule has 1 fully saturated rings. The van der Waals surface area contributed by atoms with Gasteiger partial charge >= 0.3 is 0 Å². The summed E-state index contributed by atoms with van der Waals surface area (Å²) in [5, 5.41) is 3.80. The first kappa shape index (κ1) is 15.0. The molecule has 0 aromatic carbocycles. The van der Waals surface area contributed by atoms with E-state index in [-0.39, 0.29) is 0 Å². The second-order valence-corrected chi connectivity index (χ2v) is 6.90. The van der Waals surface area contributed by atoms with E-state index in [1.165, 1.54) is 45.1 Å². The van der Waals surface area contributed by atoms with Crippen molar-refractivity contribution >= 4 is 0 Å². The molecule has 0 spiro atoms. The topological polar surface area (TPSA) is 12.0 Å². The second-order valence-electron chi connectivity index (χ2n) is 6.90. The molecule has 17 heavy (non-hydrogen) atoms. The first-order chi connectivity index (χ1) is 8.00. The molecule has 1 rings (SSSR count). The van der Waals surface area contributed by atoms with Crippen LogP contribution in [0.15, 0.2) is 0 Å². The van der Waals surface area contributed by atoms with Crippen molar-refractivity contribution in [1.29, 1.82) is 0 Å². The van der Waals surface area contributed by atoms with Gasteiger partial charge in [-0.2, -0.15) is 0 Å². The van der Waals surface area contributed by atoms with E-state index >= 15 is 0 Å². The first-order valence-corrected chi connectivity index (χ1v) is 7.73. The summed E-state index contributed by atoms with van der Waals surface area (Å²) in [6.45, 7) is 13.1. The van der Waals surface area contributed by atoms with Crippen LogP contribution in [0.4, 0.5) is 0 Å². The predicted octanol–water partition coefficient (Wildman–Crippen LogP) is 4.62. The number of hydrogen-bond donors (Lipinski definition) is 1. The van der Waals surface area contributed by atoms with Crippen LogP contribution in [-0.4, -0.2) is 12.6 Å². The van der Waals surface area contributed by atoms with Crippen molar-refractivity contribution in [1.82, 2.24) is 5.32 Å². The minimum Gasteiger partial charge on any atom is -0.314 e. The van der Waals surface area contributed by atoms with Crippen LogP contribution in [0, 0.1) is 17.3 Å². The Kier molecular flexibility index (Phi) is 5.99. The van der Waals surface area contributed by atoms with Crippen LogP contribution < -0.4 is 5.32 Å². The summed E-state index contributed by atoms with van der Waals surface area (Å²) in [6, 6.07) is 0.769. The molecule has 0 amide bonds. The number of rotatable bonds is 6. The maximum absolute atomic E-state index is 3.80. The van der Waals surface area contributed by atoms with Crippen LogP contribution in [0.1, 0.15) is 73.1 Å². The molecule has 1 saturated carbocycles. The zero-order chi connectivity index (χ0) is 12.9. The average Bonchev–Trinajstić information content (AvgIpc) is 2.24. The van der Waals surface area contributed by atoms with Crippen LogP contribution in [0.2, 0.25) is 0 Å². The fraction of sp³-hybridized carbons (Fsp3) is 1.00. The van der Waals surface area contributed by atoms with Gasteiger partial charge in [0.05, 0.1) is 0 Å². The number of nitrogens with one attached hydrogen (secondary N) is 1. The Bertz CT molecular complexity index is 210. The molecule has 0 heterocycles. The van der Waals surface area contributed by atoms with Gasteiger partial charge in [0, 0.05) is 6.04 Å². The Hall–Kier alpha value is -0.0400. The lowest BCUT2D eigenvalue weighted by atomic mass is 9.65. The van der Waals surface area contributed by atoms with E-state index < -0.39 is 0 Å². The Labute approximate surface area is 109 Å². The highest BCUT2D eigenvalue weighted by Gasteiger charge is 2.35. The van der Waals surface area contributed by atoms with Crippen LogP contribution in [0.3, 0.4) is 0 Å². The van der Waals surface area contributed by atoms with E-state index in [0.29, 0.717) is 5.41 Å². The van der Waals surface area contributed by atoms with E-state index in [1.54, 1.807) is 0 Å². The molecule has 102 valence electrons. The van der Waals surface area contributed by atoms with Gasteiger partial charge in [-0.05, 0) is 55.9 Å². The van der Waals surface area contributed by atoms with Gasteiger partial charge in [0.2, 0.25) is 0 Å². The van der Waals surface area contributed by atoms with E-state index in [1.807, 2.05) is 0 Å². The van der Waals surface area contributed by atoms with Crippen molar-refractivity contribution in [2.45, 2.75) is 79.2 Å². The minimum absolute atomic E-state index is 0.581. The maximum atomic E-state index is 3.80. The molecule has 1 aliphatic carbocycles. The molecule has 0 aliphatic heterocycles. The zero-order valence-electron chi connectivity index (χ0n) is 12.7. The molecule has 1 N–H and O–H groups in total. The van der Waals surface area contributed by atoms with Gasteiger partial charge in [-0.25, -0.2) is 0 Å². The van der Waals surface area contributed by atoms with E-state index in [4.69, 9.17) is 0 Å². The largest absolute Gasteiger partial charge is 0.314 e. The van der Waals surface area contributed by atoms with Gasteiger partial charge in [0.15, 0.2) is 0 Å². The molecular weight excluding hydrogens is 206 g/mol. The summed E-state index contributed by atoms with van der Waals surface area (Å²) in [5.41, 5.74) is 0.581. The lowest BCUT2D eigenvalue weighted by molar-refractivity contribution is 0.0983. The van der Waals surface area contributed by atoms with Gasteiger partial charge in [0.25, 0.3) is 0 Å².